The van der Waals surface area contributed by atoms with Crippen molar-refractivity contribution in [2.75, 3.05) is 13.2 Å². The molecular formula is C13H19ClN2O4S. The summed E-state index contributed by atoms with van der Waals surface area (Å²) >= 11 is 5.90. The number of halogens is 1. The van der Waals surface area contributed by atoms with Crippen molar-refractivity contribution < 1.29 is 17.9 Å². The number of sulfonamides is 1. The molecule has 0 saturated carbocycles. The molecule has 0 aliphatic heterocycles. The van der Waals surface area contributed by atoms with Crippen LogP contribution in [0.4, 0.5) is 0 Å². The Labute approximate surface area is 129 Å². The first-order valence-corrected chi connectivity index (χ1v) is 8.36. The van der Waals surface area contributed by atoms with E-state index >= 15 is 0 Å². The topological polar surface area (TPSA) is 98.5 Å². The van der Waals surface area contributed by atoms with Crippen LogP contribution in [0.3, 0.4) is 0 Å². The molecule has 1 aromatic rings. The lowest BCUT2D eigenvalue weighted by Gasteiger charge is -2.09. The molecule has 0 aliphatic carbocycles. The van der Waals surface area contributed by atoms with E-state index in [0.29, 0.717) is 19.6 Å². The van der Waals surface area contributed by atoms with Gasteiger partial charge in [0.2, 0.25) is 10.0 Å². The number of nitrogens with one attached hydrogen (secondary N) is 1. The van der Waals surface area contributed by atoms with Crippen LogP contribution in [0.1, 0.15) is 30.6 Å². The number of ether oxygens (including phenoxy) is 1. The van der Waals surface area contributed by atoms with E-state index in [0.717, 1.165) is 6.07 Å². The average Bonchev–Trinajstić information content (AvgIpc) is 2.36. The van der Waals surface area contributed by atoms with E-state index in [1.54, 1.807) is 0 Å². The van der Waals surface area contributed by atoms with Crippen molar-refractivity contribution in [2.45, 2.75) is 31.3 Å². The van der Waals surface area contributed by atoms with Crippen LogP contribution >= 0.6 is 11.6 Å². The van der Waals surface area contributed by atoms with Gasteiger partial charge in [0.05, 0.1) is 21.6 Å². The summed E-state index contributed by atoms with van der Waals surface area (Å²) in [5.41, 5.74) is 0.0768. The number of nitrogens with two attached hydrogens (primary N) is 1. The van der Waals surface area contributed by atoms with Gasteiger partial charge in [-0.25, -0.2) is 13.6 Å². The van der Waals surface area contributed by atoms with Gasteiger partial charge >= 0.3 is 0 Å². The molecule has 1 rings (SSSR count). The van der Waals surface area contributed by atoms with Crippen LogP contribution < -0.4 is 10.5 Å². The monoisotopic (exact) mass is 334 g/mol. The lowest BCUT2D eigenvalue weighted by Crippen LogP contribution is -2.26. The molecule has 3 N–H and O–H groups in total. The summed E-state index contributed by atoms with van der Waals surface area (Å²) < 4.78 is 27.9. The van der Waals surface area contributed by atoms with Gasteiger partial charge in [-0.2, -0.15) is 0 Å². The molecule has 0 heterocycles. The number of amides is 1. The Hall–Kier alpha value is -1.15. The van der Waals surface area contributed by atoms with Crippen molar-refractivity contribution in [3.8, 4) is 0 Å². The van der Waals surface area contributed by atoms with Crippen LogP contribution in [0.25, 0.3) is 0 Å². The fourth-order valence-corrected chi connectivity index (χ4v) is 2.29. The summed E-state index contributed by atoms with van der Waals surface area (Å²) in [5.74, 6) is -0.449. The molecule has 6 nitrogen and oxygen atoms in total. The minimum Gasteiger partial charge on any atom is -0.379 e. The molecule has 8 heteroatoms. The third-order valence-electron chi connectivity index (χ3n) is 2.57. The number of primary sulfonamides is 1. The molecule has 0 spiro atoms. The molecule has 0 radical (unpaired) electrons. The van der Waals surface area contributed by atoms with Gasteiger partial charge < -0.3 is 10.1 Å². The van der Waals surface area contributed by atoms with E-state index in [2.05, 4.69) is 5.32 Å². The fourth-order valence-electron chi connectivity index (χ4n) is 1.54. The Kier molecular flexibility index (Phi) is 6.60. The summed E-state index contributed by atoms with van der Waals surface area (Å²) in [6, 6.07) is 3.75. The zero-order valence-corrected chi connectivity index (χ0v) is 13.5. The molecule has 1 amide bonds. The van der Waals surface area contributed by atoms with Gasteiger partial charge in [0.15, 0.2) is 0 Å². The second kappa shape index (κ2) is 7.74. The van der Waals surface area contributed by atoms with Gasteiger partial charge in [-0.1, -0.05) is 11.6 Å². The highest BCUT2D eigenvalue weighted by molar-refractivity contribution is 7.89. The number of carbonyl (C=O) groups excluding carboxylic acids is 1. The molecule has 0 aliphatic rings. The van der Waals surface area contributed by atoms with E-state index in [4.69, 9.17) is 21.5 Å². The largest absolute Gasteiger partial charge is 0.379 e. The number of benzene rings is 1. The predicted octanol–water partition coefficient (Wildman–Crippen LogP) is 1.53. The summed E-state index contributed by atoms with van der Waals surface area (Å²) in [6.07, 6.45) is 0.790. The molecule has 0 unspecified atom stereocenters. The smallest absolute Gasteiger partial charge is 0.252 e. The van der Waals surface area contributed by atoms with Crippen LogP contribution in [0.5, 0.6) is 0 Å². The third-order valence-corrected chi connectivity index (χ3v) is 3.81. The number of carbonyl (C=O) groups is 1. The van der Waals surface area contributed by atoms with Crippen LogP contribution in [0, 0.1) is 0 Å². The Morgan fingerprint density at radius 2 is 2.10 bits per heavy atom. The summed E-state index contributed by atoms with van der Waals surface area (Å²) in [4.78, 5) is 11.8. The van der Waals surface area contributed by atoms with Crippen molar-refractivity contribution in [1.82, 2.24) is 5.32 Å². The van der Waals surface area contributed by atoms with E-state index in [1.165, 1.54) is 12.1 Å². The van der Waals surface area contributed by atoms with Crippen LogP contribution in [-0.4, -0.2) is 33.6 Å². The van der Waals surface area contributed by atoms with Crippen molar-refractivity contribution in [1.29, 1.82) is 0 Å². The van der Waals surface area contributed by atoms with Crippen molar-refractivity contribution in [2.24, 2.45) is 5.14 Å². The highest BCUT2D eigenvalue weighted by Gasteiger charge is 2.15. The first-order chi connectivity index (χ1) is 9.71. The summed E-state index contributed by atoms with van der Waals surface area (Å²) in [7, 11) is -3.87. The highest BCUT2D eigenvalue weighted by Crippen LogP contribution is 2.19. The Balaban J connectivity index is 2.66. The maximum absolute atomic E-state index is 12.0. The standard InChI is InChI=1S/C13H19ClN2O4S/c1-9(2)20-7-3-6-16-13(17)11-8-10(21(15,18)19)4-5-12(11)14/h4-5,8-9H,3,6-7H2,1-2H3,(H,16,17)(H2,15,18,19). The number of hydrogen-bond acceptors (Lipinski definition) is 4. The SMILES string of the molecule is CC(C)OCCCNC(=O)c1cc(S(N)(=O)=O)ccc1Cl. The number of rotatable bonds is 7. The predicted molar refractivity (Wildman–Crippen MR) is 80.9 cm³/mol. The average molecular weight is 335 g/mol. The Bertz CT molecular complexity index is 602. The highest BCUT2D eigenvalue weighted by atomic mass is 35.5. The third kappa shape index (κ3) is 6.01. The molecule has 0 aromatic heterocycles. The number of hydrogen-bond donors (Lipinski definition) is 2. The van der Waals surface area contributed by atoms with Gasteiger partial charge in [0.25, 0.3) is 5.91 Å². The second-order valence-electron chi connectivity index (χ2n) is 4.72. The minimum atomic E-state index is -3.87. The Morgan fingerprint density at radius 3 is 2.67 bits per heavy atom. The van der Waals surface area contributed by atoms with Gasteiger partial charge in [-0.3, -0.25) is 4.79 Å². The molecule has 118 valence electrons. The fraction of sp³-hybridized carbons (Fsp3) is 0.462. The van der Waals surface area contributed by atoms with Crippen LogP contribution in [-0.2, 0) is 14.8 Å². The van der Waals surface area contributed by atoms with E-state index in [9.17, 15) is 13.2 Å². The molecule has 0 saturated heterocycles. The van der Waals surface area contributed by atoms with Crippen molar-refractivity contribution in [3.63, 3.8) is 0 Å². The first-order valence-electron chi connectivity index (χ1n) is 6.44. The van der Waals surface area contributed by atoms with Crippen LogP contribution in [0.2, 0.25) is 5.02 Å². The summed E-state index contributed by atoms with van der Waals surface area (Å²) in [6.45, 7) is 4.79. The molecular weight excluding hydrogens is 316 g/mol. The van der Waals surface area contributed by atoms with E-state index < -0.39 is 15.9 Å². The van der Waals surface area contributed by atoms with Gasteiger partial charge in [-0.05, 0) is 38.5 Å². The quantitative estimate of drug-likeness (QED) is 0.739. The molecule has 21 heavy (non-hydrogen) atoms. The lowest BCUT2D eigenvalue weighted by molar-refractivity contribution is 0.0757. The van der Waals surface area contributed by atoms with Crippen LogP contribution in [0.15, 0.2) is 23.1 Å². The Morgan fingerprint density at radius 1 is 1.43 bits per heavy atom. The lowest BCUT2D eigenvalue weighted by atomic mass is 10.2. The molecule has 0 fully saturated rings. The van der Waals surface area contributed by atoms with Gasteiger partial charge in [0.1, 0.15) is 0 Å². The van der Waals surface area contributed by atoms with Gasteiger partial charge in [0, 0.05) is 13.2 Å². The zero-order valence-electron chi connectivity index (χ0n) is 11.9. The molecule has 0 atom stereocenters. The minimum absolute atomic E-state index is 0.0768. The van der Waals surface area contributed by atoms with Gasteiger partial charge in [-0.15, -0.1) is 0 Å². The maximum atomic E-state index is 12.0. The van der Waals surface area contributed by atoms with Crippen molar-refractivity contribution >= 4 is 27.5 Å². The normalized spacial score (nSPS) is 11.7. The summed E-state index contributed by atoms with van der Waals surface area (Å²) in [5, 5.41) is 7.84. The molecule has 0 bridgehead atoms. The van der Waals surface area contributed by atoms with Crippen molar-refractivity contribution in [3.05, 3.63) is 28.8 Å². The second-order valence-corrected chi connectivity index (χ2v) is 6.68. The van der Waals surface area contributed by atoms with E-state index in [1.807, 2.05) is 13.8 Å². The van der Waals surface area contributed by atoms with E-state index in [-0.39, 0.29) is 21.6 Å². The zero-order chi connectivity index (χ0) is 16.0. The maximum Gasteiger partial charge on any atom is 0.252 e. The first kappa shape index (κ1) is 17.9. The molecule has 1 aromatic carbocycles.